The number of rotatable bonds is 15. The molecule has 0 bridgehead atoms. The molecule has 0 aromatic rings. The highest BCUT2D eigenvalue weighted by molar-refractivity contribution is 5.75. The maximum absolute atomic E-state index is 12.3. The lowest BCUT2D eigenvalue weighted by atomic mass is 10.0. The van der Waals surface area contributed by atoms with Crippen LogP contribution >= 0.6 is 0 Å². The molecule has 9 nitrogen and oxygen atoms in total. The average molecular weight is 361 g/mol. The van der Waals surface area contributed by atoms with Crippen LogP contribution in [0.3, 0.4) is 0 Å². The molecule has 0 saturated heterocycles. The SMILES string of the molecule is CCOC(=O)[C@H](OCC)[C@@H](OCC)[C@H](OCC)[C@@H](CN=[N+]=[N-])OCC. The average Bonchev–Trinajstić information content (AvgIpc) is 2.60. The maximum atomic E-state index is 12.3. The van der Waals surface area contributed by atoms with Gasteiger partial charge in [0.05, 0.1) is 19.3 Å². The van der Waals surface area contributed by atoms with Crippen LogP contribution in [0.5, 0.6) is 0 Å². The predicted molar refractivity (Wildman–Crippen MR) is 92.3 cm³/mol. The Labute approximate surface area is 149 Å². The summed E-state index contributed by atoms with van der Waals surface area (Å²) in [6, 6.07) is 0. The Kier molecular flexibility index (Phi) is 14.1. The van der Waals surface area contributed by atoms with Gasteiger partial charge < -0.3 is 23.7 Å². The zero-order chi connectivity index (χ0) is 19.1. The number of esters is 1. The van der Waals surface area contributed by atoms with E-state index in [-0.39, 0.29) is 13.2 Å². The molecule has 0 saturated carbocycles. The van der Waals surface area contributed by atoms with E-state index < -0.39 is 30.4 Å². The first-order valence-electron chi connectivity index (χ1n) is 8.74. The molecule has 0 amide bonds. The third-order valence-corrected chi connectivity index (χ3v) is 3.28. The first-order valence-corrected chi connectivity index (χ1v) is 8.74. The number of azide groups is 1. The van der Waals surface area contributed by atoms with Crippen molar-refractivity contribution in [2.45, 2.75) is 59.0 Å². The summed E-state index contributed by atoms with van der Waals surface area (Å²) in [7, 11) is 0. The number of ether oxygens (including phenoxy) is 5. The van der Waals surface area contributed by atoms with Crippen molar-refractivity contribution in [3.63, 3.8) is 0 Å². The second-order valence-corrected chi connectivity index (χ2v) is 4.88. The van der Waals surface area contributed by atoms with Gasteiger partial charge in [-0.15, -0.1) is 0 Å². The number of hydrogen-bond acceptors (Lipinski definition) is 7. The third-order valence-electron chi connectivity index (χ3n) is 3.28. The van der Waals surface area contributed by atoms with E-state index in [4.69, 9.17) is 29.2 Å². The number of carbonyl (C=O) groups excluding carboxylic acids is 1. The molecule has 25 heavy (non-hydrogen) atoms. The Bertz CT molecular complexity index is 403. The molecule has 0 N–H and O–H groups in total. The van der Waals surface area contributed by atoms with Crippen LogP contribution in [0.1, 0.15) is 34.6 Å². The van der Waals surface area contributed by atoms with E-state index in [0.717, 1.165) is 0 Å². The van der Waals surface area contributed by atoms with Gasteiger partial charge in [-0.05, 0) is 40.1 Å². The van der Waals surface area contributed by atoms with E-state index in [1.807, 2.05) is 20.8 Å². The van der Waals surface area contributed by atoms with Gasteiger partial charge in [-0.3, -0.25) is 0 Å². The van der Waals surface area contributed by atoms with Gasteiger partial charge in [0.15, 0.2) is 6.10 Å². The number of carbonyl (C=O) groups is 1. The molecule has 0 aromatic carbocycles. The summed E-state index contributed by atoms with van der Waals surface area (Å²) in [4.78, 5) is 15.1. The van der Waals surface area contributed by atoms with Crippen molar-refractivity contribution in [1.82, 2.24) is 0 Å². The largest absolute Gasteiger partial charge is 0.464 e. The van der Waals surface area contributed by atoms with E-state index in [9.17, 15) is 4.79 Å². The lowest BCUT2D eigenvalue weighted by Gasteiger charge is -2.35. The fourth-order valence-corrected chi connectivity index (χ4v) is 2.44. The van der Waals surface area contributed by atoms with Gasteiger partial charge >= 0.3 is 5.97 Å². The molecule has 0 aliphatic rings. The minimum Gasteiger partial charge on any atom is -0.464 e. The van der Waals surface area contributed by atoms with Gasteiger partial charge in [0.25, 0.3) is 0 Å². The highest BCUT2D eigenvalue weighted by Gasteiger charge is 2.41. The molecule has 0 aliphatic carbocycles. The van der Waals surface area contributed by atoms with Gasteiger partial charge in [0, 0.05) is 31.3 Å². The number of hydrogen-bond donors (Lipinski definition) is 0. The lowest BCUT2D eigenvalue weighted by Crippen LogP contribution is -2.53. The first kappa shape index (κ1) is 23.6. The van der Waals surface area contributed by atoms with Gasteiger partial charge in [0.2, 0.25) is 0 Å². The Morgan fingerprint density at radius 1 is 0.880 bits per heavy atom. The molecule has 0 heterocycles. The summed E-state index contributed by atoms with van der Waals surface area (Å²) in [5.41, 5.74) is 8.62. The van der Waals surface area contributed by atoms with E-state index in [0.29, 0.717) is 26.4 Å². The molecule has 146 valence electrons. The molecular formula is C16H31N3O6. The van der Waals surface area contributed by atoms with Crippen molar-refractivity contribution in [3.8, 4) is 0 Å². The summed E-state index contributed by atoms with van der Waals surface area (Å²) < 4.78 is 28.0. The molecule has 0 unspecified atom stereocenters. The normalized spacial score (nSPS) is 15.7. The van der Waals surface area contributed by atoms with Gasteiger partial charge in [-0.1, -0.05) is 5.11 Å². The molecular weight excluding hydrogens is 330 g/mol. The minimum absolute atomic E-state index is 0.0558. The fourth-order valence-electron chi connectivity index (χ4n) is 2.44. The molecule has 9 heteroatoms. The van der Waals surface area contributed by atoms with Crippen molar-refractivity contribution >= 4 is 5.97 Å². The monoisotopic (exact) mass is 361 g/mol. The standard InChI is InChI=1S/C16H31N3O6/c1-6-21-12(11-18-19-17)13(22-7-2)14(23-8-3)15(24-9-4)16(20)25-10-5/h12-15H,6-11H2,1-5H3/t12-,13-,14+,15-/m1/s1. The van der Waals surface area contributed by atoms with Crippen LogP contribution in [0.4, 0.5) is 0 Å². The highest BCUT2D eigenvalue weighted by atomic mass is 16.6. The zero-order valence-electron chi connectivity index (χ0n) is 15.8. The van der Waals surface area contributed by atoms with E-state index >= 15 is 0 Å². The van der Waals surface area contributed by atoms with Crippen molar-refractivity contribution < 1.29 is 28.5 Å². The Morgan fingerprint density at radius 2 is 1.44 bits per heavy atom. The van der Waals surface area contributed by atoms with Gasteiger partial charge in [-0.2, -0.15) is 0 Å². The van der Waals surface area contributed by atoms with Crippen molar-refractivity contribution in [3.05, 3.63) is 10.4 Å². The molecule has 0 aromatic heterocycles. The van der Waals surface area contributed by atoms with Crippen LogP contribution in [0.25, 0.3) is 10.4 Å². The van der Waals surface area contributed by atoms with Crippen LogP contribution in [0.2, 0.25) is 0 Å². The van der Waals surface area contributed by atoms with Crippen molar-refractivity contribution in [2.24, 2.45) is 5.11 Å². The van der Waals surface area contributed by atoms with Crippen LogP contribution < -0.4 is 0 Å². The van der Waals surface area contributed by atoms with Crippen LogP contribution in [0.15, 0.2) is 5.11 Å². The Morgan fingerprint density at radius 3 is 1.92 bits per heavy atom. The first-order chi connectivity index (χ1) is 12.1. The van der Waals surface area contributed by atoms with Crippen molar-refractivity contribution in [1.29, 1.82) is 0 Å². The zero-order valence-corrected chi connectivity index (χ0v) is 15.8. The minimum atomic E-state index is -0.963. The molecule has 0 rings (SSSR count). The van der Waals surface area contributed by atoms with E-state index in [1.165, 1.54) is 0 Å². The van der Waals surface area contributed by atoms with E-state index in [1.54, 1.807) is 13.8 Å². The van der Waals surface area contributed by atoms with Crippen molar-refractivity contribution in [2.75, 3.05) is 39.6 Å². The van der Waals surface area contributed by atoms with Gasteiger partial charge in [-0.25, -0.2) is 4.79 Å². The van der Waals surface area contributed by atoms with Crippen LogP contribution in [0, 0.1) is 0 Å². The second kappa shape index (κ2) is 14.9. The number of nitrogens with zero attached hydrogens (tertiary/aromatic N) is 3. The summed E-state index contributed by atoms with van der Waals surface area (Å²) in [5.74, 6) is -0.522. The Balaban J connectivity index is 5.67. The predicted octanol–water partition coefficient (Wildman–Crippen LogP) is 2.48. The lowest BCUT2D eigenvalue weighted by molar-refractivity contribution is -0.193. The van der Waals surface area contributed by atoms with Gasteiger partial charge in [0.1, 0.15) is 12.2 Å². The topological polar surface area (TPSA) is 112 Å². The second-order valence-electron chi connectivity index (χ2n) is 4.88. The molecule has 0 aliphatic heterocycles. The molecule has 0 fully saturated rings. The summed E-state index contributed by atoms with van der Waals surface area (Å²) in [5, 5.41) is 3.59. The fraction of sp³-hybridized carbons (Fsp3) is 0.938. The molecule has 0 spiro atoms. The smallest absolute Gasteiger partial charge is 0.338 e. The summed E-state index contributed by atoms with van der Waals surface area (Å²) >= 11 is 0. The summed E-state index contributed by atoms with van der Waals surface area (Å²) in [6.07, 6.45) is -2.95. The van der Waals surface area contributed by atoms with Crippen LogP contribution in [-0.2, 0) is 28.5 Å². The third kappa shape index (κ3) is 8.51. The molecule has 0 radical (unpaired) electrons. The molecule has 4 atom stereocenters. The Hall–Kier alpha value is -1.38. The quantitative estimate of drug-likeness (QED) is 0.192. The van der Waals surface area contributed by atoms with E-state index in [2.05, 4.69) is 10.0 Å². The highest BCUT2D eigenvalue weighted by Crippen LogP contribution is 2.20. The summed E-state index contributed by atoms with van der Waals surface area (Å²) in [6.45, 7) is 10.7. The van der Waals surface area contributed by atoms with Crippen LogP contribution in [-0.4, -0.2) is 70.0 Å². The maximum Gasteiger partial charge on any atom is 0.338 e.